The minimum atomic E-state index is -1.10. The fourth-order valence-electron chi connectivity index (χ4n) is 9.59. The van der Waals surface area contributed by atoms with Gasteiger partial charge in [0, 0.05) is 92.8 Å². The first-order valence-corrected chi connectivity index (χ1v) is 21.0. The Morgan fingerprint density at radius 1 is 1.03 bits per heavy atom. The monoisotopic (exact) mass is 866 g/mol. The zero-order valence-corrected chi connectivity index (χ0v) is 35.1. The van der Waals surface area contributed by atoms with Crippen molar-refractivity contribution in [3.63, 3.8) is 0 Å². The molecular formula is C45H45ClF2N8O6. The number of piperidine rings is 1. The second-order valence-electron chi connectivity index (χ2n) is 16.4. The van der Waals surface area contributed by atoms with Crippen LogP contribution in [0, 0.1) is 17.6 Å². The summed E-state index contributed by atoms with van der Waals surface area (Å²) in [5.41, 5.74) is 7.15. The predicted molar refractivity (Wildman–Crippen MR) is 229 cm³/mol. The minimum absolute atomic E-state index is 0.0193. The molecule has 0 aliphatic carbocycles. The van der Waals surface area contributed by atoms with Crippen molar-refractivity contribution < 1.29 is 37.4 Å². The molecule has 2 unspecified atom stereocenters. The average molecular weight is 867 g/mol. The molecule has 5 aromatic rings. The zero-order chi connectivity index (χ0) is 43.6. The van der Waals surface area contributed by atoms with Crippen molar-refractivity contribution in [3.05, 3.63) is 100 Å². The molecule has 3 saturated heterocycles. The van der Waals surface area contributed by atoms with Crippen molar-refractivity contribution in [2.24, 2.45) is 18.7 Å². The number of likely N-dealkylation sites (tertiary alicyclic amines) is 1. The number of ether oxygens (including phenoxy) is 2. The highest BCUT2D eigenvalue weighted by molar-refractivity contribution is 6.34. The van der Waals surface area contributed by atoms with Crippen molar-refractivity contribution in [2.75, 3.05) is 56.2 Å². The van der Waals surface area contributed by atoms with Crippen molar-refractivity contribution in [3.8, 4) is 22.6 Å². The molecule has 1 aromatic heterocycles. The Labute approximate surface area is 360 Å². The quantitative estimate of drug-likeness (QED) is 0.157. The number of hydrogen-bond acceptors (Lipinski definition) is 9. The van der Waals surface area contributed by atoms with E-state index >= 15 is 8.78 Å². The predicted octanol–water partition coefficient (Wildman–Crippen LogP) is 5.83. The van der Waals surface area contributed by atoms with Crippen LogP contribution >= 0.6 is 11.6 Å². The summed E-state index contributed by atoms with van der Waals surface area (Å²) in [6.07, 6.45) is 1.56. The van der Waals surface area contributed by atoms with Gasteiger partial charge in [-0.05, 0) is 42.7 Å². The smallest absolute Gasteiger partial charge is 0.329 e. The summed E-state index contributed by atoms with van der Waals surface area (Å²) in [6.45, 7) is 4.63. The number of fused-ring (bicyclic) bond motifs is 2. The molecule has 3 fully saturated rings. The van der Waals surface area contributed by atoms with E-state index in [1.165, 1.54) is 30.2 Å². The first kappa shape index (κ1) is 41.1. The van der Waals surface area contributed by atoms with Crippen molar-refractivity contribution in [1.29, 1.82) is 0 Å². The summed E-state index contributed by atoms with van der Waals surface area (Å²) in [6, 6.07) is 18.7. The zero-order valence-electron chi connectivity index (χ0n) is 34.3. The number of nitrogens with one attached hydrogen (secondary N) is 2. The van der Waals surface area contributed by atoms with Gasteiger partial charge in [0.15, 0.2) is 23.0 Å². The van der Waals surface area contributed by atoms with E-state index in [4.69, 9.17) is 26.8 Å². The van der Waals surface area contributed by atoms with Gasteiger partial charge in [-0.15, -0.1) is 0 Å². The number of rotatable bonds is 10. The Balaban J connectivity index is 0.893. The number of nitrogens with zero attached hydrogens (tertiary/aromatic N) is 5. The number of primary amides is 1. The summed E-state index contributed by atoms with van der Waals surface area (Å²) in [5, 5.41) is 11.1. The van der Waals surface area contributed by atoms with Crippen molar-refractivity contribution in [2.45, 2.75) is 43.7 Å². The highest BCUT2D eigenvalue weighted by Crippen LogP contribution is 2.56. The molecule has 0 bridgehead atoms. The molecule has 4 aliphatic rings. The van der Waals surface area contributed by atoms with Crippen LogP contribution in [-0.2, 0) is 22.2 Å². The lowest BCUT2D eigenvalue weighted by Gasteiger charge is -2.44. The van der Waals surface area contributed by atoms with Crippen LogP contribution in [0.25, 0.3) is 22.0 Å². The number of aromatic nitrogens is 2. The second kappa shape index (κ2) is 15.9. The molecule has 14 nitrogen and oxygen atoms in total. The first-order chi connectivity index (χ1) is 29.8. The van der Waals surface area contributed by atoms with Crippen LogP contribution in [0.2, 0.25) is 5.02 Å². The largest absolute Gasteiger partial charge is 0.494 e. The normalized spacial score (nSPS) is 20.5. The van der Waals surface area contributed by atoms with E-state index in [-0.39, 0.29) is 76.5 Å². The summed E-state index contributed by atoms with van der Waals surface area (Å²) >= 11 is 6.67. The molecule has 9 rings (SSSR count). The number of carbonyl (C=O) groups is 4. The summed E-state index contributed by atoms with van der Waals surface area (Å²) in [5.74, 6) is -3.10. The van der Waals surface area contributed by atoms with Gasteiger partial charge in [0.2, 0.25) is 17.7 Å². The Morgan fingerprint density at radius 2 is 1.77 bits per heavy atom. The molecule has 0 spiro atoms. The minimum Gasteiger partial charge on any atom is -0.494 e. The Kier molecular flexibility index (Phi) is 10.5. The number of hydrogen-bond donors (Lipinski definition) is 3. The Hall–Kier alpha value is -6.26. The number of urea groups is 1. The Morgan fingerprint density at radius 3 is 2.47 bits per heavy atom. The molecule has 4 aliphatic heterocycles. The molecule has 4 N–H and O–H groups in total. The van der Waals surface area contributed by atoms with Gasteiger partial charge < -0.3 is 30.3 Å². The summed E-state index contributed by atoms with van der Waals surface area (Å²) < 4.78 is 45.7. The highest BCUT2D eigenvalue weighted by atomic mass is 35.5. The van der Waals surface area contributed by atoms with E-state index in [1.807, 2.05) is 67.4 Å². The van der Waals surface area contributed by atoms with E-state index in [0.717, 1.165) is 22.2 Å². The van der Waals surface area contributed by atoms with Gasteiger partial charge in [0.1, 0.15) is 11.6 Å². The molecule has 4 aromatic carbocycles. The SMILES string of the molecule is COc1ccc(C(N)=O)c(-c2c(Cl)c(F)cc3c2C(C)C(CNC2CCN(C(=O)C4CN(c5cccc6c(N7CCC(=O)NC7=O)nn(C)c56)C4)CC2)(c2ccccc2)O3)c1F. The molecule has 0 radical (unpaired) electrons. The standard InChI is InChI=1S/C45H45ClF2N8O6/c1-24-35-33(20-30(47)38(46)37(35)36-28(41(49)58)12-13-32(61-3)39(36)48)62-45(24,26-8-5-4-6-9-26)23-50-27-14-17-54(18-15-27)43(59)25-21-55(22-25)31-11-7-10-29-40(31)53(2)52-42(29)56-19-16-34(57)51-44(56)60/h4-13,20,24-25,27,50H,14-19,21-23H2,1-3H3,(H2,49,58)(H,51,57,60). The number of amides is 5. The number of methoxy groups -OCH3 is 1. The van der Waals surface area contributed by atoms with E-state index < -0.39 is 35.1 Å². The van der Waals surface area contributed by atoms with Gasteiger partial charge in [-0.3, -0.25) is 29.3 Å². The summed E-state index contributed by atoms with van der Waals surface area (Å²) in [7, 11) is 3.11. The number of benzene rings is 4. The van der Waals surface area contributed by atoms with Gasteiger partial charge in [0.25, 0.3) is 0 Å². The number of imide groups is 1. The lowest BCUT2D eigenvalue weighted by atomic mass is 9.77. The number of para-hydroxylation sites is 1. The lowest BCUT2D eigenvalue weighted by Crippen LogP contribution is -2.57. The van der Waals surface area contributed by atoms with Crippen LogP contribution in [0.5, 0.6) is 11.5 Å². The van der Waals surface area contributed by atoms with Crippen LogP contribution in [0.15, 0.2) is 66.7 Å². The molecule has 62 heavy (non-hydrogen) atoms. The van der Waals surface area contributed by atoms with Crippen molar-refractivity contribution in [1.82, 2.24) is 25.3 Å². The first-order valence-electron chi connectivity index (χ1n) is 20.6. The van der Waals surface area contributed by atoms with Crippen LogP contribution in [0.1, 0.15) is 53.6 Å². The van der Waals surface area contributed by atoms with Gasteiger partial charge in [-0.1, -0.05) is 54.9 Å². The van der Waals surface area contributed by atoms with Gasteiger partial charge >= 0.3 is 6.03 Å². The maximum Gasteiger partial charge on any atom is 0.329 e. The number of carbonyl (C=O) groups excluding carboxylic acids is 4. The van der Waals surface area contributed by atoms with E-state index in [0.29, 0.717) is 50.4 Å². The molecular weight excluding hydrogens is 822 g/mol. The van der Waals surface area contributed by atoms with Crippen molar-refractivity contribution >= 4 is 57.8 Å². The maximum absolute atomic E-state index is 16.2. The average Bonchev–Trinajstić information content (AvgIpc) is 3.73. The third-order valence-corrected chi connectivity index (χ3v) is 13.3. The third kappa shape index (κ3) is 6.76. The third-order valence-electron chi connectivity index (χ3n) is 12.9. The highest BCUT2D eigenvalue weighted by Gasteiger charge is 2.50. The van der Waals surface area contributed by atoms with E-state index in [2.05, 4.69) is 20.6 Å². The maximum atomic E-state index is 16.2. The summed E-state index contributed by atoms with van der Waals surface area (Å²) in [4.78, 5) is 56.4. The lowest BCUT2D eigenvalue weighted by molar-refractivity contribution is -0.137. The van der Waals surface area contributed by atoms with Gasteiger partial charge in [0.05, 0.1) is 34.8 Å². The van der Waals surface area contributed by atoms with E-state index in [1.54, 1.807) is 4.68 Å². The number of halogens is 3. The molecule has 0 saturated carbocycles. The molecule has 2 atom stereocenters. The topological polar surface area (TPSA) is 164 Å². The molecule has 5 heterocycles. The second-order valence-corrected chi connectivity index (χ2v) is 16.7. The van der Waals surface area contributed by atoms with E-state index in [9.17, 15) is 19.2 Å². The molecule has 17 heteroatoms. The van der Waals surface area contributed by atoms with Crippen LogP contribution < -0.4 is 35.6 Å². The van der Waals surface area contributed by atoms with Gasteiger partial charge in [-0.2, -0.15) is 5.10 Å². The molecule has 322 valence electrons. The Bertz CT molecular complexity index is 2650. The fourth-order valence-corrected chi connectivity index (χ4v) is 9.84. The van der Waals surface area contributed by atoms with Crippen LogP contribution in [0.3, 0.4) is 0 Å². The number of anilines is 2. The molecule has 5 amide bonds. The van der Waals surface area contributed by atoms with Crippen LogP contribution in [-0.4, -0.2) is 90.9 Å². The van der Waals surface area contributed by atoms with Crippen LogP contribution in [0.4, 0.5) is 25.1 Å². The van der Waals surface area contributed by atoms with Gasteiger partial charge in [-0.25, -0.2) is 13.6 Å². The fraction of sp³-hybridized carbons (Fsp3) is 0.356. The number of aryl methyl sites for hydroxylation is 1. The number of nitrogens with two attached hydrogens (primary N) is 1.